The highest BCUT2D eigenvalue weighted by Gasteiger charge is 2.36. The molecule has 182 valence electrons. The van der Waals surface area contributed by atoms with E-state index in [0.717, 1.165) is 51.9 Å². The molecule has 2 saturated heterocycles. The quantitative estimate of drug-likeness (QED) is 0.404. The van der Waals surface area contributed by atoms with Gasteiger partial charge in [0.1, 0.15) is 6.61 Å². The van der Waals surface area contributed by atoms with Crippen LogP contribution in [0, 0.1) is 0 Å². The van der Waals surface area contributed by atoms with Crippen molar-refractivity contribution in [3.8, 4) is 0 Å². The van der Waals surface area contributed by atoms with Crippen LogP contribution in [0.5, 0.6) is 0 Å². The van der Waals surface area contributed by atoms with E-state index in [1.54, 1.807) is 0 Å². The molecule has 0 radical (unpaired) electrons. The van der Waals surface area contributed by atoms with E-state index >= 15 is 0 Å². The summed E-state index contributed by atoms with van der Waals surface area (Å²) in [4.78, 5) is 28.7. The summed E-state index contributed by atoms with van der Waals surface area (Å²) in [7, 11) is 0. The topological polar surface area (TPSA) is 71.1 Å². The van der Waals surface area contributed by atoms with E-state index in [9.17, 15) is 9.59 Å². The maximum absolute atomic E-state index is 12.2. The zero-order valence-corrected chi connectivity index (χ0v) is 19.7. The standard InChI is InChI=1S/C27H35N3O4/c31-26(15-9-2-6-12-22-10-4-1-5-11-22)33-21-25-24(28-27(32)34-25)20-29-16-18-30(19-17-29)23-13-7-3-8-14-23/h1,3-5,7-8,10-11,13-14,24-25H,2,6,9,12,15-21H2,(H,28,32)/t24-,25-/m1/s1. The highest BCUT2D eigenvalue weighted by molar-refractivity contribution is 5.71. The fourth-order valence-corrected chi connectivity index (χ4v) is 4.58. The summed E-state index contributed by atoms with van der Waals surface area (Å²) in [5, 5.41) is 2.89. The van der Waals surface area contributed by atoms with Crippen LogP contribution in [0.25, 0.3) is 0 Å². The number of hydrogen-bond acceptors (Lipinski definition) is 6. The number of ether oxygens (including phenoxy) is 2. The van der Waals surface area contributed by atoms with Crippen molar-refractivity contribution < 1.29 is 19.1 Å². The molecule has 4 rings (SSSR count). The van der Waals surface area contributed by atoms with Crippen molar-refractivity contribution in [1.82, 2.24) is 10.2 Å². The van der Waals surface area contributed by atoms with Crippen molar-refractivity contribution in [2.24, 2.45) is 0 Å². The number of hydrogen-bond donors (Lipinski definition) is 1. The number of nitrogens with zero attached hydrogens (tertiary/aromatic N) is 2. The molecule has 0 aliphatic carbocycles. The molecule has 34 heavy (non-hydrogen) atoms. The predicted octanol–water partition coefficient (Wildman–Crippen LogP) is 3.63. The van der Waals surface area contributed by atoms with Crippen LogP contribution in [0.2, 0.25) is 0 Å². The lowest BCUT2D eigenvalue weighted by Gasteiger charge is -2.37. The average molecular weight is 466 g/mol. The van der Waals surface area contributed by atoms with E-state index in [4.69, 9.17) is 9.47 Å². The van der Waals surface area contributed by atoms with Gasteiger partial charge in [-0.2, -0.15) is 0 Å². The van der Waals surface area contributed by atoms with Crippen LogP contribution in [0.1, 0.15) is 31.2 Å². The van der Waals surface area contributed by atoms with E-state index in [-0.39, 0.29) is 18.6 Å². The Balaban J connectivity index is 1.12. The van der Waals surface area contributed by atoms with Gasteiger partial charge in [-0.05, 0) is 37.0 Å². The molecule has 2 heterocycles. The van der Waals surface area contributed by atoms with Crippen LogP contribution in [0.3, 0.4) is 0 Å². The Kier molecular flexibility index (Phi) is 8.79. The minimum atomic E-state index is -0.443. The third kappa shape index (κ3) is 7.22. The summed E-state index contributed by atoms with van der Waals surface area (Å²) < 4.78 is 10.8. The first-order chi connectivity index (χ1) is 16.7. The van der Waals surface area contributed by atoms with Gasteiger partial charge in [0.25, 0.3) is 0 Å². The molecule has 0 bridgehead atoms. The van der Waals surface area contributed by atoms with Crippen molar-refractivity contribution in [2.45, 2.75) is 44.2 Å². The SMILES string of the molecule is O=C(CCCCCc1ccccc1)OC[C@H]1OC(=O)N[C@@H]1CN1CCN(c2ccccc2)CC1. The summed E-state index contributed by atoms with van der Waals surface area (Å²) in [6.45, 7) is 4.50. The smallest absolute Gasteiger partial charge is 0.408 e. The van der Waals surface area contributed by atoms with Crippen molar-refractivity contribution in [1.29, 1.82) is 0 Å². The monoisotopic (exact) mass is 465 g/mol. The zero-order chi connectivity index (χ0) is 23.6. The number of para-hydroxylation sites is 1. The number of benzene rings is 2. The first-order valence-corrected chi connectivity index (χ1v) is 12.4. The van der Waals surface area contributed by atoms with Gasteiger partial charge < -0.3 is 19.7 Å². The molecule has 2 aliphatic rings. The van der Waals surface area contributed by atoms with Gasteiger partial charge in [-0.1, -0.05) is 55.0 Å². The minimum Gasteiger partial charge on any atom is -0.462 e. The van der Waals surface area contributed by atoms with Crippen LogP contribution >= 0.6 is 0 Å². The third-order valence-electron chi connectivity index (χ3n) is 6.56. The molecule has 2 aromatic carbocycles. The van der Waals surface area contributed by atoms with Gasteiger partial charge in [-0.25, -0.2) is 4.79 Å². The first kappa shape index (κ1) is 24.1. The maximum atomic E-state index is 12.2. The number of alkyl carbamates (subject to hydrolysis) is 1. The number of nitrogens with one attached hydrogen (secondary N) is 1. The zero-order valence-electron chi connectivity index (χ0n) is 19.7. The maximum Gasteiger partial charge on any atom is 0.408 e. The van der Waals surface area contributed by atoms with Crippen LogP contribution in [-0.2, 0) is 20.7 Å². The molecule has 7 nitrogen and oxygen atoms in total. The van der Waals surface area contributed by atoms with E-state index in [2.05, 4.69) is 63.6 Å². The molecule has 1 N–H and O–H groups in total. The Bertz CT molecular complexity index is 901. The van der Waals surface area contributed by atoms with Crippen LogP contribution in [0.15, 0.2) is 60.7 Å². The molecule has 0 spiro atoms. The molecule has 2 atom stereocenters. The number of aryl methyl sites for hydroxylation is 1. The normalized spacial score (nSPS) is 20.6. The fraction of sp³-hybridized carbons (Fsp3) is 0.481. The van der Waals surface area contributed by atoms with Gasteiger partial charge in [-0.15, -0.1) is 0 Å². The molecule has 1 amide bonds. The Morgan fingerprint density at radius 2 is 1.65 bits per heavy atom. The van der Waals surface area contributed by atoms with E-state index in [1.807, 2.05) is 12.1 Å². The highest BCUT2D eigenvalue weighted by atomic mass is 16.6. The number of anilines is 1. The highest BCUT2D eigenvalue weighted by Crippen LogP contribution is 2.18. The van der Waals surface area contributed by atoms with Gasteiger partial charge in [0.2, 0.25) is 0 Å². The molecular formula is C27H35N3O4. The van der Waals surface area contributed by atoms with Gasteiger partial charge >= 0.3 is 12.1 Å². The summed E-state index contributed by atoms with van der Waals surface area (Å²) in [6.07, 6.45) is 3.40. The molecule has 0 saturated carbocycles. The minimum absolute atomic E-state index is 0.107. The van der Waals surface area contributed by atoms with E-state index < -0.39 is 12.2 Å². The summed E-state index contributed by atoms with van der Waals surface area (Å²) in [5.74, 6) is -0.224. The van der Waals surface area contributed by atoms with Crippen LogP contribution in [0.4, 0.5) is 10.5 Å². The number of esters is 1. The van der Waals surface area contributed by atoms with Crippen molar-refractivity contribution in [3.05, 3.63) is 66.2 Å². The number of carbonyl (C=O) groups excluding carboxylic acids is 2. The Morgan fingerprint density at radius 1 is 0.941 bits per heavy atom. The Labute approximate surface area is 202 Å². The van der Waals surface area contributed by atoms with Gasteiger partial charge in [0.15, 0.2) is 6.10 Å². The number of carbonyl (C=O) groups is 2. The number of rotatable bonds is 11. The summed E-state index contributed by atoms with van der Waals surface area (Å²) in [6, 6.07) is 20.6. The molecular weight excluding hydrogens is 430 g/mol. The molecule has 2 aromatic rings. The summed E-state index contributed by atoms with van der Waals surface area (Å²) >= 11 is 0. The Hall–Kier alpha value is -3.06. The van der Waals surface area contributed by atoms with Crippen LogP contribution < -0.4 is 10.2 Å². The molecule has 2 aliphatic heterocycles. The van der Waals surface area contributed by atoms with Crippen molar-refractivity contribution in [2.75, 3.05) is 44.2 Å². The third-order valence-corrected chi connectivity index (χ3v) is 6.56. The van der Waals surface area contributed by atoms with E-state index in [1.165, 1.54) is 11.3 Å². The lowest BCUT2D eigenvalue weighted by molar-refractivity contribution is -0.146. The van der Waals surface area contributed by atoms with Crippen LogP contribution in [-0.4, -0.2) is 68.4 Å². The molecule has 7 heteroatoms. The van der Waals surface area contributed by atoms with Crippen molar-refractivity contribution in [3.63, 3.8) is 0 Å². The molecule has 0 aromatic heterocycles. The second kappa shape index (κ2) is 12.4. The average Bonchev–Trinajstić information content (AvgIpc) is 3.23. The second-order valence-corrected chi connectivity index (χ2v) is 9.05. The second-order valence-electron chi connectivity index (χ2n) is 9.05. The van der Waals surface area contributed by atoms with E-state index in [0.29, 0.717) is 13.0 Å². The van der Waals surface area contributed by atoms with Gasteiger partial charge in [-0.3, -0.25) is 9.69 Å². The lowest BCUT2D eigenvalue weighted by atomic mass is 10.1. The summed E-state index contributed by atoms with van der Waals surface area (Å²) in [5.41, 5.74) is 2.57. The number of amides is 1. The number of unbranched alkanes of at least 4 members (excludes halogenated alkanes) is 2. The van der Waals surface area contributed by atoms with Crippen molar-refractivity contribution >= 4 is 17.7 Å². The largest absolute Gasteiger partial charge is 0.462 e. The van der Waals surface area contributed by atoms with Gasteiger partial charge in [0.05, 0.1) is 6.04 Å². The number of piperazine rings is 1. The predicted molar refractivity (Wildman–Crippen MR) is 132 cm³/mol. The fourth-order valence-electron chi connectivity index (χ4n) is 4.58. The molecule has 2 fully saturated rings. The number of cyclic esters (lactones) is 1. The molecule has 0 unspecified atom stereocenters. The van der Waals surface area contributed by atoms with Gasteiger partial charge in [0, 0.05) is 44.8 Å². The Morgan fingerprint density at radius 3 is 2.38 bits per heavy atom. The first-order valence-electron chi connectivity index (χ1n) is 12.4. The lowest BCUT2D eigenvalue weighted by Crippen LogP contribution is -2.52.